The van der Waals surface area contributed by atoms with Crippen molar-refractivity contribution in [1.29, 1.82) is 0 Å². The molecule has 0 spiro atoms. The highest BCUT2D eigenvalue weighted by Gasteiger charge is 2.33. The van der Waals surface area contributed by atoms with Gasteiger partial charge in [0.05, 0.1) is 42.7 Å². The first-order valence-electron chi connectivity index (χ1n) is 10.3. The van der Waals surface area contributed by atoms with Gasteiger partial charge in [-0.2, -0.15) is 0 Å². The standard InChI is InChI=1S/C24H20I2N2O5S/c1-4-33-23(31)19-12(2)27-24-28(20(19)14-5-7-15(32-3)8-6-14)22(30)18(34-24)11-13-9-16(25)21(29)17(26)10-13/h5-11,20,29H,4H2,1-3H3/b18-11-/t20-/m1/s1. The van der Waals surface area contributed by atoms with Crippen molar-refractivity contribution in [3.05, 3.63) is 85.6 Å². The summed E-state index contributed by atoms with van der Waals surface area (Å²) in [4.78, 5) is 31.6. The number of carbonyl (C=O) groups excluding carboxylic acids is 1. The predicted octanol–water partition coefficient (Wildman–Crippen LogP) is 3.72. The number of methoxy groups -OCH3 is 1. The summed E-state index contributed by atoms with van der Waals surface area (Å²) in [5.74, 6) is 0.390. The van der Waals surface area contributed by atoms with E-state index in [1.165, 1.54) is 11.3 Å². The number of carbonyl (C=O) groups is 1. The lowest BCUT2D eigenvalue weighted by Gasteiger charge is -2.24. The maximum atomic E-state index is 13.6. The van der Waals surface area contributed by atoms with Gasteiger partial charge in [0.1, 0.15) is 11.5 Å². The maximum Gasteiger partial charge on any atom is 0.338 e. The Kier molecular flexibility index (Phi) is 7.48. The number of benzene rings is 2. The Hall–Kier alpha value is -2.19. The molecule has 0 saturated heterocycles. The highest BCUT2D eigenvalue weighted by molar-refractivity contribution is 14.1. The molecular formula is C24H20I2N2O5S. The number of aromatic nitrogens is 1. The topological polar surface area (TPSA) is 90.1 Å². The number of allylic oxidation sites excluding steroid dienone is 1. The summed E-state index contributed by atoms with van der Waals surface area (Å²) in [6, 6.07) is 10.2. The Morgan fingerprint density at radius 1 is 1.24 bits per heavy atom. The lowest BCUT2D eigenvalue weighted by Crippen LogP contribution is -2.39. The van der Waals surface area contributed by atoms with Crippen LogP contribution in [0.15, 0.2) is 57.5 Å². The molecule has 1 atom stereocenters. The summed E-state index contributed by atoms with van der Waals surface area (Å²) < 4.78 is 14.0. The van der Waals surface area contributed by atoms with Crippen LogP contribution >= 0.6 is 56.5 Å². The molecule has 3 aromatic rings. The van der Waals surface area contributed by atoms with Gasteiger partial charge in [-0.25, -0.2) is 9.79 Å². The SMILES string of the molecule is CCOC(=O)C1=C(C)N=c2s/c(=C\c3cc(I)c(O)c(I)c3)c(=O)n2[C@@H]1c1ccc(OC)cc1. The Morgan fingerprint density at radius 3 is 2.47 bits per heavy atom. The Labute approximate surface area is 226 Å². The molecule has 34 heavy (non-hydrogen) atoms. The lowest BCUT2D eigenvalue weighted by molar-refractivity contribution is -0.139. The van der Waals surface area contributed by atoms with Crippen molar-refractivity contribution >= 4 is 68.6 Å². The molecule has 1 aromatic heterocycles. The number of esters is 1. The molecule has 4 rings (SSSR count). The number of ether oxygens (including phenoxy) is 2. The molecule has 2 aromatic carbocycles. The van der Waals surface area contributed by atoms with Crippen molar-refractivity contribution < 1.29 is 19.4 Å². The summed E-state index contributed by atoms with van der Waals surface area (Å²) in [5.41, 5.74) is 2.14. The molecule has 1 aliphatic rings. The van der Waals surface area contributed by atoms with Gasteiger partial charge in [0.15, 0.2) is 4.80 Å². The third-order valence-corrected chi connectivity index (χ3v) is 7.91. The van der Waals surface area contributed by atoms with E-state index >= 15 is 0 Å². The van der Waals surface area contributed by atoms with Gasteiger partial charge in [-0.15, -0.1) is 0 Å². The van der Waals surface area contributed by atoms with Crippen LogP contribution in [0.1, 0.15) is 31.0 Å². The zero-order valence-corrected chi connectivity index (χ0v) is 23.6. The number of rotatable bonds is 5. The average Bonchev–Trinajstić information content (AvgIpc) is 3.11. The number of phenols is 1. The summed E-state index contributed by atoms with van der Waals surface area (Å²) in [7, 11) is 1.58. The van der Waals surface area contributed by atoms with E-state index in [1.54, 1.807) is 43.7 Å². The first-order chi connectivity index (χ1) is 16.2. The number of phenolic OH excluding ortho intramolecular Hbond substituents is 1. The van der Waals surface area contributed by atoms with Gasteiger partial charge in [-0.1, -0.05) is 23.5 Å². The Morgan fingerprint density at radius 2 is 1.88 bits per heavy atom. The fourth-order valence-electron chi connectivity index (χ4n) is 3.71. The smallest absolute Gasteiger partial charge is 0.338 e. The summed E-state index contributed by atoms with van der Waals surface area (Å²) in [6.45, 7) is 3.71. The van der Waals surface area contributed by atoms with Crippen LogP contribution in [0.25, 0.3) is 6.08 Å². The first-order valence-corrected chi connectivity index (χ1v) is 13.2. The monoisotopic (exact) mass is 702 g/mol. The zero-order chi connectivity index (χ0) is 24.6. The molecule has 0 aliphatic carbocycles. The van der Waals surface area contributed by atoms with E-state index in [1.807, 2.05) is 24.3 Å². The quantitative estimate of drug-likeness (QED) is 0.324. The minimum absolute atomic E-state index is 0.216. The van der Waals surface area contributed by atoms with Gasteiger partial charge in [0.25, 0.3) is 5.56 Å². The largest absolute Gasteiger partial charge is 0.506 e. The van der Waals surface area contributed by atoms with E-state index in [0.29, 0.717) is 33.5 Å². The molecule has 0 saturated carbocycles. The van der Waals surface area contributed by atoms with Crippen molar-refractivity contribution in [2.24, 2.45) is 4.99 Å². The second kappa shape index (κ2) is 10.2. The second-order valence-electron chi connectivity index (χ2n) is 7.41. The van der Waals surface area contributed by atoms with Crippen molar-refractivity contribution in [2.75, 3.05) is 13.7 Å². The molecule has 0 amide bonds. The van der Waals surface area contributed by atoms with Crippen molar-refractivity contribution in [3.63, 3.8) is 0 Å². The third-order valence-electron chi connectivity index (χ3n) is 5.29. The summed E-state index contributed by atoms with van der Waals surface area (Å²) >= 11 is 5.38. The summed E-state index contributed by atoms with van der Waals surface area (Å²) in [6.07, 6.45) is 1.78. The van der Waals surface area contributed by atoms with E-state index in [-0.39, 0.29) is 17.9 Å². The Balaban J connectivity index is 1.95. The average molecular weight is 702 g/mol. The van der Waals surface area contributed by atoms with E-state index in [2.05, 4.69) is 50.2 Å². The van der Waals surface area contributed by atoms with Crippen LogP contribution < -0.4 is 19.6 Å². The van der Waals surface area contributed by atoms with Gasteiger partial charge >= 0.3 is 5.97 Å². The predicted molar refractivity (Wildman–Crippen MR) is 147 cm³/mol. The number of thiazole rings is 1. The first kappa shape index (κ1) is 24.9. The molecule has 0 radical (unpaired) electrons. The zero-order valence-electron chi connectivity index (χ0n) is 18.5. The number of aromatic hydroxyl groups is 1. The molecule has 1 N–H and O–H groups in total. The molecule has 7 nitrogen and oxygen atoms in total. The van der Waals surface area contributed by atoms with Crippen LogP contribution in [-0.2, 0) is 9.53 Å². The maximum absolute atomic E-state index is 13.6. The molecule has 2 heterocycles. The highest BCUT2D eigenvalue weighted by atomic mass is 127. The minimum atomic E-state index is -0.677. The van der Waals surface area contributed by atoms with Gasteiger partial charge in [0.2, 0.25) is 0 Å². The minimum Gasteiger partial charge on any atom is -0.506 e. The molecular weight excluding hydrogens is 682 g/mol. The van der Waals surface area contributed by atoms with E-state index < -0.39 is 12.0 Å². The number of nitrogens with zero attached hydrogens (tertiary/aromatic N) is 2. The van der Waals surface area contributed by atoms with Gasteiger partial charge < -0.3 is 14.6 Å². The van der Waals surface area contributed by atoms with Crippen LogP contribution in [0.3, 0.4) is 0 Å². The van der Waals surface area contributed by atoms with Gasteiger partial charge in [-0.05, 0) is 100 Å². The molecule has 1 aliphatic heterocycles. The number of halogens is 2. The van der Waals surface area contributed by atoms with Crippen LogP contribution in [-0.4, -0.2) is 29.4 Å². The second-order valence-corrected chi connectivity index (χ2v) is 10.7. The van der Waals surface area contributed by atoms with E-state index in [9.17, 15) is 14.7 Å². The highest BCUT2D eigenvalue weighted by Crippen LogP contribution is 2.32. The van der Waals surface area contributed by atoms with Gasteiger partial charge in [-0.3, -0.25) is 9.36 Å². The van der Waals surface area contributed by atoms with Crippen LogP contribution in [0.5, 0.6) is 11.5 Å². The number of hydrogen-bond acceptors (Lipinski definition) is 7. The van der Waals surface area contributed by atoms with Crippen LogP contribution in [0.2, 0.25) is 0 Å². The summed E-state index contributed by atoms with van der Waals surface area (Å²) in [5, 5.41) is 10.1. The fraction of sp³-hybridized carbons (Fsp3) is 0.208. The third kappa shape index (κ3) is 4.67. The molecule has 0 unspecified atom stereocenters. The fourth-order valence-corrected chi connectivity index (χ4v) is 6.58. The molecule has 176 valence electrons. The molecule has 0 bridgehead atoms. The number of hydrogen-bond donors (Lipinski definition) is 1. The van der Waals surface area contributed by atoms with Gasteiger partial charge in [0, 0.05) is 0 Å². The lowest BCUT2D eigenvalue weighted by atomic mass is 9.96. The van der Waals surface area contributed by atoms with Crippen molar-refractivity contribution in [3.8, 4) is 11.5 Å². The van der Waals surface area contributed by atoms with Crippen molar-refractivity contribution in [1.82, 2.24) is 4.57 Å². The normalized spacial score (nSPS) is 15.7. The number of fused-ring (bicyclic) bond motifs is 1. The molecule has 10 heteroatoms. The Bertz CT molecular complexity index is 1470. The van der Waals surface area contributed by atoms with E-state index in [4.69, 9.17) is 9.47 Å². The van der Waals surface area contributed by atoms with Crippen LogP contribution in [0, 0.1) is 7.14 Å². The van der Waals surface area contributed by atoms with Crippen molar-refractivity contribution in [2.45, 2.75) is 19.9 Å². The van der Waals surface area contributed by atoms with E-state index in [0.717, 1.165) is 11.1 Å². The van der Waals surface area contributed by atoms with Crippen LogP contribution in [0.4, 0.5) is 0 Å². The molecule has 0 fully saturated rings.